The molecule has 1 heterocycles. The van der Waals surface area contributed by atoms with Crippen molar-refractivity contribution < 1.29 is 23.8 Å². The zero-order valence-corrected chi connectivity index (χ0v) is 14.9. The summed E-state index contributed by atoms with van der Waals surface area (Å²) in [6.45, 7) is 0. The van der Waals surface area contributed by atoms with Gasteiger partial charge in [-0.25, -0.2) is 20.2 Å². The number of ether oxygens (including phenoxy) is 3. The number of rotatable bonds is 7. The maximum Gasteiger partial charge on any atom is 0.513 e. The van der Waals surface area contributed by atoms with Gasteiger partial charge in [0.25, 0.3) is 5.91 Å². The Bertz CT molecular complexity index is 785. The van der Waals surface area contributed by atoms with Crippen LogP contribution >= 0.6 is 11.8 Å². The molecular weight excluding hydrogens is 360 g/mol. The number of hydrogen-bond acceptors (Lipinski definition) is 9. The van der Waals surface area contributed by atoms with E-state index in [0.29, 0.717) is 16.5 Å². The summed E-state index contributed by atoms with van der Waals surface area (Å²) in [5.41, 5.74) is 3.04. The van der Waals surface area contributed by atoms with Crippen LogP contribution in [0.4, 0.5) is 4.79 Å². The molecule has 26 heavy (non-hydrogen) atoms. The topological polar surface area (TPSA) is 112 Å². The van der Waals surface area contributed by atoms with Crippen molar-refractivity contribution in [3.05, 3.63) is 42.2 Å². The molecule has 1 aromatic carbocycles. The van der Waals surface area contributed by atoms with Crippen molar-refractivity contribution in [1.29, 1.82) is 0 Å². The zero-order valence-electron chi connectivity index (χ0n) is 14.0. The number of nitrogens with zero attached hydrogens (tertiary/aromatic N) is 3. The summed E-state index contributed by atoms with van der Waals surface area (Å²) in [4.78, 5) is 30.9. The fraction of sp³-hybridized carbons (Fsp3) is 0.188. The van der Waals surface area contributed by atoms with Crippen LogP contribution in [0.5, 0.6) is 11.5 Å². The Labute approximate surface area is 153 Å². The first-order valence-electron chi connectivity index (χ1n) is 7.28. The molecule has 0 spiro atoms. The molecule has 2 rings (SSSR count). The number of aromatic nitrogens is 2. The van der Waals surface area contributed by atoms with Gasteiger partial charge in [0.2, 0.25) is 0 Å². The molecule has 0 saturated heterocycles. The van der Waals surface area contributed by atoms with Crippen molar-refractivity contribution in [2.24, 2.45) is 5.10 Å². The minimum Gasteiger partial charge on any atom is -0.493 e. The highest BCUT2D eigenvalue weighted by atomic mass is 32.2. The Kier molecular flexibility index (Phi) is 7.37. The fourth-order valence-corrected chi connectivity index (χ4v) is 2.28. The minimum absolute atomic E-state index is 0.135. The van der Waals surface area contributed by atoms with E-state index in [1.165, 1.54) is 38.3 Å². The van der Waals surface area contributed by atoms with Crippen molar-refractivity contribution in [2.75, 3.05) is 20.0 Å². The molecule has 0 fully saturated rings. The molecule has 0 bridgehead atoms. The van der Waals surface area contributed by atoms with Gasteiger partial charge >= 0.3 is 6.16 Å². The van der Waals surface area contributed by atoms with E-state index in [-0.39, 0.29) is 17.4 Å². The lowest BCUT2D eigenvalue weighted by Gasteiger charge is -2.08. The molecule has 0 aliphatic heterocycles. The van der Waals surface area contributed by atoms with Gasteiger partial charge in [0.1, 0.15) is 0 Å². The molecule has 0 atom stereocenters. The van der Waals surface area contributed by atoms with Crippen LogP contribution in [0.25, 0.3) is 0 Å². The van der Waals surface area contributed by atoms with E-state index in [0.717, 1.165) is 0 Å². The number of hydrazone groups is 1. The number of nitrogens with one attached hydrogen (secondary N) is 1. The lowest BCUT2D eigenvalue weighted by molar-refractivity contribution is -0.118. The van der Waals surface area contributed by atoms with Gasteiger partial charge in [-0.3, -0.25) is 4.79 Å². The van der Waals surface area contributed by atoms with Gasteiger partial charge in [0.05, 0.1) is 26.2 Å². The van der Waals surface area contributed by atoms with Crippen LogP contribution in [-0.4, -0.2) is 48.2 Å². The molecule has 0 radical (unpaired) electrons. The summed E-state index contributed by atoms with van der Waals surface area (Å²) >= 11 is 1.20. The van der Waals surface area contributed by atoms with Crippen LogP contribution in [0.1, 0.15) is 5.56 Å². The maximum atomic E-state index is 11.7. The van der Waals surface area contributed by atoms with Crippen molar-refractivity contribution in [2.45, 2.75) is 5.16 Å². The van der Waals surface area contributed by atoms with E-state index in [1.807, 2.05) is 0 Å². The Hall–Kier alpha value is -3.14. The number of carbonyl (C=O) groups is 2. The largest absolute Gasteiger partial charge is 0.513 e. The van der Waals surface area contributed by atoms with Crippen LogP contribution in [0, 0.1) is 0 Å². The van der Waals surface area contributed by atoms with E-state index in [9.17, 15) is 9.59 Å². The summed E-state index contributed by atoms with van der Waals surface area (Å²) in [5.74, 6) is 0.370. The van der Waals surface area contributed by atoms with E-state index < -0.39 is 6.16 Å². The number of thioether (sulfide) groups is 1. The van der Waals surface area contributed by atoms with Crippen molar-refractivity contribution >= 4 is 30.0 Å². The highest BCUT2D eigenvalue weighted by Crippen LogP contribution is 2.27. The molecule has 0 aliphatic rings. The average molecular weight is 376 g/mol. The summed E-state index contributed by atoms with van der Waals surface area (Å²) in [7, 11) is 2.64. The van der Waals surface area contributed by atoms with Crippen LogP contribution < -0.4 is 14.9 Å². The van der Waals surface area contributed by atoms with Gasteiger partial charge < -0.3 is 14.2 Å². The first kappa shape index (κ1) is 19.2. The third kappa shape index (κ3) is 6.06. The average Bonchev–Trinajstić information content (AvgIpc) is 2.68. The SMILES string of the molecule is COC(=O)Oc1ccc(/C=N/NC(=O)CSc2ncccn2)cc1OC. The van der Waals surface area contributed by atoms with Crippen LogP contribution in [-0.2, 0) is 9.53 Å². The molecule has 1 aromatic heterocycles. The Morgan fingerprint density at radius 1 is 1.23 bits per heavy atom. The van der Waals surface area contributed by atoms with Gasteiger partial charge in [-0.15, -0.1) is 0 Å². The van der Waals surface area contributed by atoms with Crippen LogP contribution in [0.3, 0.4) is 0 Å². The van der Waals surface area contributed by atoms with Gasteiger partial charge in [0, 0.05) is 12.4 Å². The highest BCUT2D eigenvalue weighted by Gasteiger charge is 2.10. The zero-order chi connectivity index (χ0) is 18.8. The first-order valence-corrected chi connectivity index (χ1v) is 8.26. The third-order valence-electron chi connectivity index (χ3n) is 2.82. The van der Waals surface area contributed by atoms with E-state index in [1.54, 1.807) is 30.6 Å². The normalized spacial score (nSPS) is 10.4. The molecule has 136 valence electrons. The summed E-state index contributed by atoms with van der Waals surface area (Å²) in [6.07, 6.45) is 3.79. The number of carbonyl (C=O) groups excluding carboxylic acids is 2. The van der Waals surface area contributed by atoms with Gasteiger partial charge in [-0.05, 0) is 29.8 Å². The van der Waals surface area contributed by atoms with Gasteiger partial charge in [-0.2, -0.15) is 5.10 Å². The lowest BCUT2D eigenvalue weighted by atomic mass is 10.2. The van der Waals surface area contributed by atoms with Crippen molar-refractivity contribution in [1.82, 2.24) is 15.4 Å². The summed E-state index contributed by atoms with van der Waals surface area (Å²) < 4.78 is 14.5. The van der Waals surface area contributed by atoms with Gasteiger partial charge in [0.15, 0.2) is 16.7 Å². The Balaban J connectivity index is 1.89. The van der Waals surface area contributed by atoms with Crippen molar-refractivity contribution in [3.63, 3.8) is 0 Å². The molecule has 2 aromatic rings. The monoisotopic (exact) mass is 376 g/mol. The number of hydrogen-bond donors (Lipinski definition) is 1. The van der Waals surface area contributed by atoms with E-state index in [2.05, 4.69) is 25.2 Å². The maximum absolute atomic E-state index is 11.7. The Morgan fingerprint density at radius 2 is 2.00 bits per heavy atom. The number of amides is 1. The lowest BCUT2D eigenvalue weighted by Crippen LogP contribution is -2.19. The quantitative estimate of drug-likeness (QED) is 0.195. The standard InChI is InChI=1S/C16H16N4O5S/c1-23-13-8-11(4-5-12(13)25-16(22)24-2)9-19-20-14(21)10-26-15-17-6-3-7-18-15/h3-9H,10H2,1-2H3,(H,20,21)/b19-9+. The highest BCUT2D eigenvalue weighted by molar-refractivity contribution is 7.99. The molecule has 9 nitrogen and oxygen atoms in total. The molecule has 10 heteroatoms. The predicted octanol–water partition coefficient (Wildman–Crippen LogP) is 1.87. The van der Waals surface area contributed by atoms with E-state index in [4.69, 9.17) is 9.47 Å². The second kappa shape index (κ2) is 9.99. The summed E-state index contributed by atoms with van der Waals surface area (Å²) in [6, 6.07) is 6.47. The number of methoxy groups -OCH3 is 2. The molecule has 1 N–H and O–H groups in total. The molecule has 0 unspecified atom stereocenters. The summed E-state index contributed by atoms with van der Waals surface area (Å²) in [5, 5.41) is 4.38. The molecule has 0 aliphatic carbocycles. The molecule has 0 saturated carbocycles. The van der Waals surface area contributed by atoms with E-state index >= 15 is 0 Å². The van der Waals surface area contributed by atoms with Crippen LogP contribution in [0.15, 0.2) is 46.9 Å². The molecule has 1 amide bonds. The van der Waals surface area contributed by atoms with Crippen molar-refractivity contribution in [3.8, 4) is 11.5 Å². The number of benzene rings is 1. The first-order chi connectivity index (χ1) is 12.6. The van der Waals surface area contributed by atoms with Gasteiger partial charge in [-0.1, -0.05) is 11.8 Å². The smallest absolute Gasteiger partial charge is 0.493 e. The Morgan fingerprint density at radius 3 is 2.69 bits per heavy atom. The second-order valence-corrected chi connectivity index (χ2v) is 5.52. The second-order valence-electron chi connectivity index (χ2n) is 4.58. The predicted molar refractivity (Wildman–Crippen MR) is 94.5 cm³/mol. The van der Waals surface area contributed by atoms with Crippen LogP contribution in [0.2, 0.25) is 0 Å². The molecular formula is C16H16N4O5S. The minimum atomic E-state index is -0.850. The fourth-order valence-electron chi connectivity index (χ4n) is 1.68. The third-order valence-corrected chi connectivity index (χ3v) is 3.70.